The third-order valence-electron chi connectivity index (χ3n) is 6.01. The molecule has 1 aliphatic heterocycles. The molecule has 2 aromatic heterocycles. The molecule has 8 heteroatoms. The summed E-state index contributed by atoms with van der Waals surface area (Å²) in [6.07, 6.45) is 3.61. The summed E-state index contributed by atoms with van der Waals surface area (Å²) in [4.78, 5) is 8.55. The van der Waals surface area contributed by atoms with Crippen molar-refractivity contribution in [1.82, 2.24) is 25.1 Å². The first kappa shape index (κ1) is 19.9. The van der Waals surface area contributed by atoms with Crippen molar-refractivity contribution >= 4 is 28.5 Å². The van der Waals surface area contributed by atoms with Crippen LogP contribution < -0.4 is 15.8 Å². The molecular formula is C21H27ClN6O. The second-order valence-corrected chi connectivity index (χ2v) is 8.11. The molecule has 1 unspecified atom stereocenters. The van der Waals surface area contributed by atoms with E-state index in [0.717, 1.165) is 58.9 Å². The third-order valence-corrected chi connectivity index (χ3v) is 6.41. The number of nitrogen functional groups attached to an aromatic ring is 1. The number of methoxy groups -OCH3 is 1. The lowest BCUT2D eigenvalue weighted by atomic mass is 9.84. The zero-order valence-electron chi connectivity index (χ0n) is 17.3. The number of benzene rings is 1. The Morgan fingerprint density at radius 1 is 1.28 bits per heavy atom. The lowest BCUT2D eigenvalue weighted by Gasteiger charge is -2.29. The molecule has 7 nitrogen and oxygen atoms in total. The molecule has 0 saturated carbocycles. The maximum absolute atomic E-state index is 6.70. The maximum atomic E-state index is 6.70. The van der Waals surface area contributed by atoms with E-state index in [1.54, 1.807) is 7.11 Å². The van der Waals surface area contributed by atoms with Gasteiger partial charge in [0.2, 0.25) is 0 Å². The van der Waals surface area contributed by atoms with Crippen LogP contribution in [0.4, 0.5) is 5.82 Å². The highest BCUT2D eigenvalue weighted by atomic mass is 35.5. The summed E-state index contributed by atoms with van der Waals surface area (Å²) in [6, 6.07) is 1.87. The van der Waals surface area contributed by atoms with Crippen LogP contribution in [0.15, 0.2) is 12.4 Å². The third kappa shape index (κ3) is 3.32. The zero-order chi connectivity index (χ0) is 20.7. The summed E-state index contributed by atoms with van der Waals surface area (Å²) < 4.78 is 7.86. The summed E-state index contributed by atoms with van der Waals surface area (Å²) in [5.74, 6) is 1.76. The van der Waals surface area contributed by atoms with Gasteiger partial charge in [-0.1, -0.05) is 11.6 Å². The number of rotatable bonds is 4. The van der Waals surface area contributed by atoms with Crippen LogP contribution in [0.2, 0.25) is 5.02 Å². The summed E-state index contributed by atoms with van der Waals surface area (Å²) in [7, 11) is 1.73. The molecule has 0 spiro atoms. The Balaban J connectivity index is 1.89. The lowest BCUT2D eigenvalue weighted by Crippen LogP contribution is -2.27. The van der Waals surface area contributed by atoms with Gasteiger partial charge in [-0.05, 0) is 64.3 Å². The van der Waals surface area contributed by atoms with Crippen molar-refractivity contribution in [2.45, 2.75) is 45.6 Å². The number of nitrogens with two attached hydrogens (primary N) is 1. The molecule has 0 amide bonds. The van der Waals surface area contributed by atoms with E-state index in [9.17, 15) is 0 Å². The summed E-state index contributed by atoms with van der Waals surface area (Å²) >= 11 is 6.70. The van der Waals surface area contributed by atoms with Crippen molar-refractivity contribution in [2.24, 2.45) is 0 Å². The van der Waals surface area contributed by atoms with E-state index in [0.29, 0.717) is 17.4 Å². The number of ether oxygens (including phenoxy) is 1. The molecule has 3 aromatic rings. The van der Waals surface area contributed by atoms with Gasteiger partial charge in [0, 0.05) is 16.1 Å². The number of hydrogen-bond acceptors (Lipinski definition) is 6. The molecule has 1 saturated heterocycles. The molecule has 4 rings (SSSR count). The zero-order valence-corrected chi connectivity index (χ0v) is 18.0. The number of hydrogen-bond donors (Lipinski definition) is 2. The summed E-state index contributed by atoms with van der Waals surface area (Å²) in [5.41, 5.74) is 10.9. The minimum atomic E-state index is -0.131. The number of halogens is 1. The molecular weight excluding hydrogens is 388 g/mol. The van der Waals surface area contributed by atoms with Crippen LogP contribution in [0.5, 0.6) is 5.75 Å². The van der Waals surface area contributed by atoms with E-state index in [1.807, 2.05) is 17.7 Å². The quantitative estimate of drug-likeness (QED) is 0.675. The molecule has 0 aliphatic carbocycles. The van der Waals surface area contributed by atoms with Crippen molar-refractivity contribution in [3.8, 4) is 5.75 Å². The van der Waals surface area contributed by atoms with Gasteiger partial charge in [-0.2, -0.15) is 5.10 Å². The van der Waals surface area contributed by atoms with Crippen LogP contribution in [-0.4, -0.2) is 39.9 Å². The van der Waals surface area contributed by atoms with Crippen LogP contribution >= 0.6 is 11.6 Å². The molecule has 154 valence electrons. The van der Waals surface area contributed by atoms with Crippen LogP contribution in [0.25, 0.3) is 11.0 Å². The summed E-state index contributed by atoms with van der Waals surface area (Å²) in [5, 5.41) is 9.70. The number of nitrogens with zero attached hydrogens (tertiary/aromatic N) is 4. The van der Waals surface area contributed by atoms with Gasteiger partial charge in [0.15, 0.2) is 5.65 Å². The number of aryl methyl sites for hydroxylation is 1. The molecule has 1 atom stereocenters. The van der Waals surface area contributed by atoms with Gasteiger partial charge in [0.1, 0.15) is 17.9 Å². The fourth-order valence-corrected chi connectivity index (χ4v) is 4.70. The standard InChI is InChI=1S/C21H27ClN6O/c1-11-16(22)9-15(19(29-4)17(11)14-5-7-24-8-6-14)13(3)28-21-18(12(2)27-28)20(23)25-10-26-21/h9-10,13-14,24H,5-8H2,1-4H3,(H2,23,25,26). The van der Waals surface area contributed by atoms with E-state index in [2.05, 4.69) is 29.1 Å². The predicted octanol–water partition coefficient (Wildman–Crippen LogP) is 3.76. The highest BCUT2D eigenvalue weighted by Gasteiger charge is 2.28. The highest BCUT2D eigenvalue weighted by molar-refractivity contribution is 6.31. The minimum absolute atomic E-state index is 0.131. The van der Waals surface area contributed by atoms with Crippen molar-refractivity contribution in [3.05, 3.63) is 39.8 Å². The fourth-order valence-electron chi connectivity index (χ4n) is 4.48. The normalized spacial score (nSPS) is 16.3. The summed E-state index contributed by atoms with van der Waals surface area (Å²) in [6.45, 7) is 8.09. The molecule has 1 fully saturated rings. The molecule has 0 bridgehead atoms. The van der Waals surface area contributed by atoms with E-state index < -0.39 is 0 Å². The number of nitrogens with one attached hydrogen (secondary N) is 1. The monoisotopic (exact) mass is 414 g/mol. The second-order valence-electron chi connectivity index (χ2n) is 7.71. The van der Waals surface area contributed by atoms with Gasteiger partial charge in [0.05, 0.1) is 24.2 Å². The van der Waals surface area contributed by atoms with Crippen molar-refractivity contribution in [3.63, 3.8) is 0 Å². The average molecular weight is 415 g/mol. The van der Waals surface area contributed by atoms with E-state index in [-0.39, 0.29) is 6.04 Å². The van der Waals surface area contributed by atoms with Crippen molar-refractivity contribution < 1.29 is 4.74 Å². The van der Waals surface area contributed by atoms with Gasteiger partial charge in [0.25, 0.3) is 0 Å². The Morgan fingerprint density at radius 2 is 2.00 bits per heavy atom. The number of piperidine rings is 1. The molecule has 0 radical (unpaired) electrons. The SMILES string of the molecule is COc1c(C(C)n2nc(C)c3c(N)ncnc32)cc(Cl)c(C)c1C1CCNCC1. The predicted molar refractivity (Wildman–Crippen MR) is 116 cm³/mol. The van der Waals surface area contributed by atoms with Crippen LogP contribution in [-0.2, 0) is 0 Å². The van der Waals surface area contributed by atoms with Gasteiger partial charge in [-0.25, -0.2) is 14.6 Å². The highest BCUT2D eigenvalue weighted by Crippen LogP contribution is 2.43. The Hall–Kier alpha value is -2.38. The number of fused-ring (bicyclic) bond motifs is 1. The smallest absolute Gasteiger partial charge is 0.164 e. The first-order chi connectivity index (χ1) is 13.9. The Labute approximate surface area is 175 Å². The average Bonchev–Trinajstić information content (AvgIpc) is 3.07. The van der Waals surface area contributed by atoms with Gasteiger partial charge in [-0.15, -0.1) is 0 Å². The Bertz CT molecular complexity index is 1060. The topological polar surface area (TPSA) is 90.9 Å². The largest absolute Gasteiger partial charge is 0.496 e. The Kier molecular flexibility index (Phi) is 5.36. The molecule has 3 N–H and O–H groups in total. The van der Waals surface area contributed by atoms with Gasteiger partial charge >= 0.3 is 0 Å². The van der Waals surface area contributed by atoms with Crippen molar-refractivity contribution in [2.75, 3.05) is 25.9 Å². The first-order valence-electron chi connectivity index (χ1n) is 9.96. The first-order valence-corrected chi connectivity index (χ1v) is 10.3. The molecule has 1 aliphatic rings. The second kappa shape index (κ2) is 7.80. The van der Waals surface area contributed by atoms with Gasteiger partial charge < -0.3 is 15.8 Å². The lowest BCUT2D eigenvalue weighted by molar-refractivity contribution is 0.380. The number of anilines is 1. The van der Waals surface area contributed by atoms with E-state index >= 15 is 0 Å². The van der Waals surface area contributed by atoms with Crippen LogP contribution in [0.3, 0.4) is 0 Å². The van der Waals surface area contributed by atoms with E-state index in [4.69, 9.17) is 27.2 Å². The van der Waals surface area contributed by atoms with Crippen LogP contribution in [0, 0.1) is 13.8 Å². The Morgan fingerprint density at radius 3 is 2.69 bits per heavy atom. The number of aromatic nitrogens is 4. The van der Waals surface area contributed by atoms with Gasteiger partial charge in [-0.3, -0.25) is 0 Å². The maximum Gasteiger partial charge on any atom is 0.164 e. The molecule has 3 heterocycles. The van der Waals surface area contributed by atoms with E-state index in [1.165, 1.54) is 11.9 Å². The fraction of sp³-hybridized carbons (Fsp3) is 0.476. The minimum Gasteiger partial charge on any atom is -0.496 e. The van der Waals surface area contributed by atoms with Crippen molar-refractivity contribution in [1.29, 1.82) is 0 Å². The van der Waals surface area contributed by atoms with Crippen LogP contribution in [0.1, 0.15) is 54.1 Å². The molecule has 1 aromatic carbocycles. The molecule has 29 heavy (non-hydrogen) atoms.